The fourth-order valence-corrected chi connectivity index (χ4v) is 2.91. The lowest BCUT2D eigenvalue weighted by molar-refractivity contribution is -0.115. The van der Waals surface area contributed by atoms with Crippen LogP contribution >= 0.6 is 11.6 Å². The molecule has 134 valence electrons. The van der Waals surface area contributed by atoms with Crippen LogP contribution < -0.4 is 15.4 Å². The van der Waals surface area contributed by atoms with E-state index in [1.807, 2.05) is 32.9 Å². The maximum atomic E-state index is 13.2. The summed E-state index contributed by atoms with van der Waals surface area (Å²) in [6.07, 6.45) is 0. The van der Waals surface area contributed by atoms with Gasteiger partial charge in [-0.25, -0.2) is 4.39 Å². The average molecular weight is 365 g/mol. The minimum absolute atomic E-state index is 0.0673. The minimum atomic E-state index is -0.598. The SMILES string of the molecule is COc1ccc(C)cc1NC(=O)CNC(C)(C)c1ccc(F)cc1Cl. The fraction of sp³-hybridized carbons (Fsp3) is 0.316. The molecule has 0 radical (unpaired) electrons. The van der Waals surface area contributed by atoms with E-state index in [0.29, 0.717) is 16.5 Å². The van der Waals surface area contributed by atoms with Gasteiger partial charge in [0.25, 0.3) is 0 Å². The number of anilines is 1. The van der Waals surface area contributed by atoms with E-state index in [2.05, 4.69) is 10.6 Å². The largest absolute Gasteiger partial charge is 0.495 e. The highest BCUT2D eigenvalue weighted by molar-refractivity contribution is 6.31. The second kappa shape index (κ2) is 7.85. The molecule has 2 aromatic rings. The van der Waals surface area contributed by atoms with Gasteiger partial charge in [-0.2, -0.15) is 0 Å². The van der Waals surface area contributed by atoms with Gasteiger partial charge in [-0.3, -0.25) is 10.1 Å². The maximum Gasteiger partial charge on any atom is 0.238 e. The Bertz CT molecular complexity index is 778. The fourth-order valence-electron chi connectivity index (χ4n) is 2.51. The van der Waals surface area contributed by atoms with Crippen molar-refractivity contribution in [3.63, 3.8) is 0 Å². The lowest BCUT2D eigenvalue weighted by atomic mass is 9.94. The molecule has 25 heavy (non-hydrogen) atoms. The molecule has 2 N–H and O–H groups in total. The summed E-state index contributed by atoms with van der Waals surface area (Å²) < 4.78 is 18.5. The Morgan fingerprint density at radius 1 is 1.24 bits per heavy atom. The lowest BCUT2D eigenvalue weighted by Gasteiger charge is -2.28. The summed E-state index contributed by atoms with van der Waals surface area (Å²) in [7, 11) is 1.55. The third kappa shape index (κ3) is 4.94. The molecule has 4 nitrogen and oxygen atoms in total. The van der Waals surface area contributed by atoms with Crippen LogP contribution in [0.3, 0.4) is 0 Å². The molecule has 1 amide bonds. The second-order valence-corrected chi connectivity index (χ2v) is 6.76. The highest BCUT2D eigenvalue weighted by atomic mass is 35.5. The summed E-state index contributed by atoms with van der Waals surface area (Å²) in [5.41, 5.74) is 1.75. The zero-order valence-electron chi connectivity index (χ0n) is 14.7. The summed E-state index contributed by atoms with van der Waals surface area (Å²) in [6.45, 7) is 5.77. The van der Waals surface area contributed by atoms with E-state index >= 15 is 0 Å². The summed E-state index contributed by atoms with van der Waals surface area (Å²) in [6, 6.07) is 9.79. The normalized spacial score (nSPS) is 11.3. The van der Waals surface area contributed by atoms with Gasteiger partial charge >= 0.3 is 0 Å². The van der Waals surface area contributed by atoms with Crippen molar-refractivity contribution < 1.29 is 13.9 Å². The molecule has 2 rings (SSSR count). The van der Waals surface area contributed by atoms with Crippen LogP contribution in [0, 0.1) is 12.7 Å². The number of carbonyl (C=O) groups is 1. The van der Waals surface area contributed by atoms with Gasteiger partial charge in [-0.1, -0.05) is 23.7 Å². The van der Waals surface area contributed by atoms with E-state index < -0.39 is 11.4 Å². The number of hydrogen-bond donors (Lipinski definition) is 2. The zero-order chi connectivity index (χ0) is 18.6. The minimum Gasteiger partial charge on any atom is -0.495 e. The highest BCUT2D eigenvalue weighted by Crippen LogP contribution is 2.28. The average Bonchev–Trinajstić information content (AvgIpc) is 2.53. The quantitative estimate of drug-likeness (QED) is 0.805. The first-order valence-corrected chi connectivity index (χ1v) is 8.26. The van der Waals surface area contributed by atoms with Gasteiger partial charge in [0.1, 0.15) is 11.6 Å². The molecule has 0 heterocycles. The summed E-state index contributed by atoms with van der Waals surface area (Å²) >= 11 is 6.12. The number of carbonyl (C=O) groups excluding carboxylic acids is 1. The van der Waals surface area contributed by atoms with Crippen molar-refractivity contribution in [3.8, 4) is 5.75 Å². The number of halogens is 2. The molecule has 0 aliphatic heterocycles. The van der Waals surface area contributed by atoms with Gasteiger partial charge in [-0.15, -0.1) is 0 Å². The second-order valence-electron chi connectivity index (χ2n) is 6.35. The van der Waals surface area contributed by atoms with Crippen LogP contribution in [-0.2, 0) is 10.3 Å². The van der Waals surface area contributed by atoms with Crippen LogP contribution in [0.4, 0.5) is 10.1 Å². The first-order valence-electron chi connectivity index (χ1n) is 7.88. The zero-order valence-corrected chi connectivity index (χ0v) is 15.5. The van der Waals surface area contributed by atoms with E-state index in [1.165, 1.54) is 12.1 Å². The van der Waals surface area contributed by atoms with Crippen LogP contribution in [-0.4, -0.2) is 19.6 Å². The van der Waals surface area contributed by atoms with Gasteiger partial charge in [0.15, 0.2) is 0 Å². The molecule has 6 heteroatoms. The van der Waals surface area contributed by atoms with Gasteiger partial charge in [0.2, 0.25) is 5.91 Å². The van der Waals surface area contributed by atoms with Crippen molar-refractivity contribution in [1.29, 1.82) is 0 Å². The Balaban J connectivity index is 2.05. The van der Waals surface area contributed by atoms with E-state index in [9.17, 15) is 9.18 Å². The Morgan fingerprint density at radius 2 is 1.96 bits per heavy atom. The smallest absolute Gasteiger partial charge is 0.238 e. The molecular formula is C19H22ClFN2O2. The number of rotatable bonds is 6. The molecule has 0 aliphatic carbocycles. The number of ether oxygens (including phenoxy) is 1. The van der Waals surface area contributed by atoms with Crippen molar-refractivity contribution in [2.75, 3.05) is 19.0 Å². The molecule has 0 fully saturated rings. The Kier molecular flexibility index (Phi) is 6.03. The molecule has 2 aromatic carbocycles. The van der Waals surface area contributed by atoms with E-state index in [0.717, 1.165) is 11.1 Å². The number of hydrogen-bond acceptors (Lipinski definition) is 3. The molecule has 0 aliphatic rings. The number of nitrogens with one attached hydrogen (secondary N) is 2. The lowest BCUT2D eigenvalue weighted by Crippen LogP contribution is -2.41. The summed E-state index contributed by atoms with van der Waals surface area (Å²) in [5, 5.41) is 6.30. The van der Waals surface area contributed by atoms with Crippen molar-refractivity contribution in [2.24, 2.45) is 0 Å². The number of benzene rings is 2. The van der Waals surface area contributed by atoms with E-state index in [-0.39, 0.29) is 12.5 Å². The van der Waals surface area contributed by atoms with Crippen molar-refractivity contribution in [2.45, 2.75) is 26.3 Å². The van der Waals surface area contributed by atoms with Gasteiger partial charge in [0, 0.05) is 10.6 Å². The molecule has 0 saturated heterocycles. The number of aryl methyl sites for hydroxylation is 1. The Labute approximate surface area is 152 Å². The molecule has 0 unspecified atom stereocenters. The van der Waals surface area contributed by atoms with E-state index in [4.69, 9.17) is 16.3 Å². The first kappa shape index (κ1) is 19.2. The first-order chi connectivity index (χ1) is 11.7. The molecule has 0 saturated carbocycles. The monoisotopic (exact) mass is 364 g/mol. The van der Waals surface area contributed by atoms with Crippen LogP contribution in [0.25, 0.3) is 0 Å². The van der Waals surface area contributed by atoms with Crippen molar-refractivity contribution in [1.82, 2.24) is 5.32 Å². The van der Waals surface area contributed by atoms with Crippen LogP contribution in [0.1, 0.15) is 25.0 Å². The predicted octanol–water partition coefficient (Wildman–Crippen LogP) is 4.26. The Hall–Kier alpha value is -2.11. The summed E-state index contributed by atoms with van der Waals surface area (Å²) in [5.74, 6) is -0.0103. The Morgan fingerprint density at radius 3 is 2.60 bits per heavy atom. The predicted molar refractivity (Wildman–Crippen MR) is 98.8 cm³/mol. The number of methoxy groups -OCH3 is 1. The highest BCUT2D eigenvalue weighted by Gasteiger charge is 2.24. The van der Waals surface area contributed by atoms with Crippen LogP contribution in [0.2, 0.25) is 5.02 Å². The topological polar surface area (TPSA) is 50.4 Å². The van der Waals surface area contributed by atoms with Crippen LogP contribution in [0.15, 0.2) is 36.4 Å². The number of amides is 1. The third-order valence-corrected chi connectivity index (χ3v) is 4.24. The van der Waals surface area contributed by atoms with E-state index in [1.54, 1.807) is 19.2 Å². The van der Waals surface area contributed by atoms with Crippen molar-refractivity contribution >= 4 is 23.2 Å². The summed E-state index contributed by atoms with van der Waals surface area (Å²) in [4.78, 5) is 12.3. The third-order valence-electron chi connectivity index (χ3n) is 3.92. The molecule has 0 bridgehead atoms. The van der Waals surface area contributed by atoms with Gasteiger partial charge in [-0.05, 0) is 56.2 Å². The van der Waals surface area contributed by atoms with Crippen LogP contribution in [0.5, 0.6) is 5.75 Å². The maximum absolute atomic E-state index is 13.2. The molecule has 0 aromatic heterocycles. The molecule has 0 atom stereocenters. The van der Waals surface area contributed by atoms with Gasteiger partial charge in [0.05, 0.1) is 19.3 Å². The molecule has 0 spiro atoms. The van der Waals surface area contributed by atoms with Crippen molar-refractivity contribution in [3.05, 3.63) is 58.4 Å². The van der Waals surface area contributed by atoms with Gasteiger partial charge < -0.3 is 10.1 Å². The molecular weight excluding hydrogens is 343 g/mol. The standard InChI is InChI=1S/C19H22ClFN2O2/c1-12-5-8-17(25-4)16(9-12)23-18(24)11-22-19(2,3)14-7-6-13(21)10-15(14)20/h5-10,22H,11H2,1-4H3,(H,23,24).